The largest absolute Gasteiger partial charge is 0.348 e. The van der Waals surface area contributed by atoms with Crippen LogP contribution in [-0.2, 0) is 9.59 Å². The average Bonchev–Trinajstić information content (AvgIpc) is 2.51. The Morgan fingerprint density at radius 1 is 1.33 bits per heavy atom. The monoisotopic (exact) mass is 253 g/mol. The molecule has 2 amide bonds. The van der Waals surface area contributed by atoms with E-state index in [9.17, 15) is 9.59 Å². The molecule has 1 unspecified atom stereocenters. The minimum atomic E-state index is -0.147. The molecule has 1 atom stereocenters. The predicted molar refractivity (Wildman–Crippen MR) is 71.1 cm³/mol. The number of carbonyl (C=O) groups is 2. The standard InChI is InChI=1S/C13H23N3O2/c1-5-6-15-7-8-16(11(2)17)10-12(9-15)13(18)14(3)4/h5,12H,1,6-10H2,2-4H3. The van der Waals surface area contributed by atoms with Crippen molar-refractivity contribution in [3.05, 3.63) is 12.7 Å². The second kappa shape index (κ2) is 6.54. The third-order valence-electron chi connectivity index (χ3n) is 3.23. The summed E-state index contributed by atoms with van der Waals surface area (Å²) in [5.41, 5.74) is 0. The lowest BCUT2D eigenvalue weighted by Gasteiger charge is -2.25. The molecule has 0 aliphatic carbocycles. The predicted octanol–water partition coefficient (Wildman–Crippen LogP) is 0.0409. The first-order valence-electron chi connectivity index (χ1n) is 6.25. The smallest absolute Gasteiger partial charge is 0.228 e. The molecule has 1 heterocycles. The molecule has 0 radical (unpaired) electrons. The SMILES string of the molecule is C=CCN1CCN(C(C)=O)CC(C(=O)N(C)C)C1. The van der Waals surface area contributed by atoms with Crippen molar-refractivity contribution < 1.29 is 9.59 Å². The maximum atomic E-state index is 12.1. The van der Waals surface area contributed by atoms with Gasteiger partial charge in [0.05, 0.1) is 5.92 Å². The molecule has 0 spiro atoms. The Labute approximate surface area is 109 Å². The van der Waals surface area contributed by atoms with Gasteiger partial charge in [0.25, 0.3) is 0 Å². The van der Waals surface area contributed by atoms with E-state index >= 15 is 0 Å². The van der Waals surface area contributed by atoms with Gasteiger partial charge >= 0.3 is 0 Å². The Hall–Kier alpha value is -1.36. The molecule has 0 aromatic heterocycles. The van der Waals surface area contributed by atoms with Crippen LogP contribution in [0.2, 0.25) is 0 Å². The summed E-state index contributed by atoms with van der Waals surface area (Å²) in [4.78, 5) is 29.1. The number of hydrogen-bond donors (Lipinski definition) is 0. The van der Waals surface area contributed by atoms with Crippen molar-refractivity contribution in [3.8, 4) is 0 Å². The fourth-order valence-corrected chi connectivity index (χ4v) is 2.24. The Morgan fingerprint density at radius 3 is 2.50 bits per heavy atom. The highest BCUT2D eigenvalue weighted by molar-refractivity contribution is 5.80. The molecular weight excluding hydrogens is 230 g/mol. The van der Waals surface area contributed by atoms with Gasteiger partial charge < -0.3 is 9.80 Å². The molecule has 5 heteroatoms. The minimum Gasteiger partial charge on any atom is -0.348 e. The average molecular weight is 253 g/mol. The second-order valence-electron chi connectivity index (χ2n) is 4.94. The van der Waals surface area contributed by atoms with Crippen molar-refractivity contribution in [2.24, 2.45) is 5.92 Å². The highest BCUT2D eigenvalue weighted by Gasteiger charge is 2.29. The van der Waals surface area contributed by atoms with Gasteiger partial charge in [-0.3, -0.25) is 14.5 Å². The number of amides is 2. The number of carbonyl (C=O) groups excluding carboxylic acids is 2. The molecule has 1 saturated heterocycles. The summed E-state index contributed by atoms with van der Waals surface area (Å²) in [6.45, 7) is 8.71. The first-order chi connectivity index (χ1) is 8.45. The van der Waals surface area contributed by atoms with E-state index in [1.54, 1.807) is 30.8 Å². The molecular formula is C13H23N3O2. The van der Waals surface area contributed by atoms with Crippen LogP contribution in [0.25, 0.3) is 0 Å². The highest BCUT2D eigenvalue weighted by atomic mass is 16.2. The van der Waals surface area contributed by atoms with E-state index in [1.807, 2.05) is 6.08 Å². The minimum absolute atomic E-state index is 0.0343. The lowest BCUT2D eigenvalue weighted by atomic mass is 10.1. The van der Waals surface area contributed by atoms with E-state index in [1.165, 1.54) is 0 Å². The zero-order chi connectivity index (χ0) is 13.7. The van der Waals surface area contributed by atoms with Crippen molar-refractivity contribution in [1.29, 1.82) is 0 Å². The summed E-state index contributed by atoms with van der Waals surface area (Å²) in [5, 5.41) is 0. The van der Waals surface area contributed by atoms with Crippen LogP contribution in [0.15, 0.2) is 12.7 Å². The van der Waals surface area contributed by atoms with Crippen molar-refractivity contribution in [2.45, 2.75) is 6.92 Å². The Bertz CT molecular complexity index is 328. The van der Waals surface area contributed by atoms with E-state index in [0.29, 0.717) is 19.6 Å². The lowest BCUT2D eigenvalue weighted by molar-refractivity contribution is -0.135. The zero-order valence-electron chi connectivity index (χ0n) is 11.6. The fraction of sp³-hybridized carbons (Fsp3) is 0.692. The topological polar surface area (TPSA) is 43.9 Å². The van der Waals surface area contributed by atoms with E-state index < -0.39 is 0 Å². The van der Waals surface area contributed by atoms with E-state index in [-0.39, 0.29) is 17.7 Å². The summed E-state index contributed by atoms with van der Waals surface area (Å²) < 4.78 is 0. The summed E-state index contributed by atoms with van der Waals surface area (Å²) in [5.74, 6) is -0.0319. The highest BCUT2D eigenvalue weighted by Crippen LogP contribution is 2.12. The summed E-state index contributed by atoms with van der Waals surface area (Å²) in [7, 11) is 3.51. The van der Waals surface area contributed by atoms with Crippen molar-refractivity contribution in [1.82, 2.24) is 14.7 Å². The van der Waals surface area contributed by atoms with Crippen LogP contribution < -0.4 is 0 Å². The van der Waals surface area contributed by atoms with Crippen LogP contribution in [0.4, 0.5) is 0 Å². The van der Waals surface area contributed by atoms with Gasteiger partial charge in [-0.25, -0.2) is 0 Å². The molecule has 102 valence electrons. The molecule has 18 heavy (non-hydrogen) atoms. The maximum Gasteiger partial charge on any atom is 0.228 e. The van der Waals surface area contributed by atoms with Gasteiger partial charge in [0.15, 0.2) is 0 Å². The van der Waals surface area contributed by atoms with E-state index in [4.69, 9.17) is 0 Å². The van der Waals surface area contributed by atoms with Crippen molar-refractivity contribution >= 4 is 11.8 Å². The third kappa shape index (κ3) is 3.84. The quantitative estimate of drug-likeness (QED) is 0.667. The fourth-order valence-electron chi connectivity index (χ4n) is 2.24. The molecule has 1 aliphatic rings. The van der Waals surface area contributed by atoms with Gasteiger partial charge in [-0.05, 0) is 0 Å². The van der Waals surface area contributed by atoms with Gasteiger partial charge in [0.1, 0.15) is 0 Å². The summed E-state index contributed by atoms with van der Waals surface area (Å²) >= 11 is 0. The van der Waals surface area contributed by atoms with Gasteiger partial charge in [-0.2, -0.15) is 0 Å². The normalized spacial score (nSPS) is 21.3. The van der Waals surface area contributed by atoms with Crippen LogP contribution in [0.1, 0.15) is 6.92 Å². The zero-order valence-corrected chi connectivity index (χ0v) is 11.6. The first-order valence-corrected chi connectivity index (χ1v) is 6.25. The molecule has 1 aliphatic heterocycles. The van der Waals surface area contributed by atoms with Crippen LogP contribution in [0.3, 0.4) is 0 Å². The lowest BCUT2D eigenvalue weighted by Crippen LogP contribution is -2.41. The van der Waals surface area contributed by atoms with Crippen LogP contribution in [0, 0.1) is 5.92 Å². The van der Waals surface area contributed by atoms with Crippen LogP contribution in [0.5, 0.6) is 0 Å². The number of hydrogen-bond acceptors (Lipinski definition) is 3. The molecule has 0 aromatic carbocycles. The van der Waals surface area contributed by atoms with Crippen LogP contribution >= 0.6 is 0 Å². The van der Waals surface area contributed by atoms with Gasteiger partial charge in [-0.1, -0.05) is 6.08 Å². The van der Waals surface area contributed by atoms with Gasteiger partial charge in [0.2, 0.25) is 11.8 Å². The van der Waals surface area contributed by atoms with Crippen LogP contribution in [-0.4, -0.2) is 73.3 Å². The van der Waals surface area contributed by atoms with Gasteiger partial charge in [-0.15, -0.1) is 6.58 Å². The Balaban J connectivity index is 2.80. The third-order valence-corrected chi connectivity index (χ3v) is 3.23. The van der Waals surface area contributed by atoms with Crippen molar-refractivity contribution in [2.75, 3.05) is 46.8 Å². The van der Waals surface area contributed by atoms with E-state index in [2.05, 4.69) is 11.5 Å². The molecule has 1 rings (SSSR count). The second-order valence-corrected chi connectivity index (χ2v) is 4.94. The van der Waals surface area contributed by atoms with E-state index in [0.717, 1.165) is 13.1 Å². The molecule has 0 saturated carbocycles. The Morgan fingerprint density at radius 2 is 2.00 bits per heavy atom. The maximum absolute atomic E-state index is 12.1. The van der Waals surface area contributed by atoms with Gasteiger partial charge in [0, 0.05) is 53.7 Å². The molecule has 0 aromatic rings. The number of nitrogens with zero attached hydrogens (tertiary/aromatic N) is 3. The van der Waals surface area contributed by atoms with Crippen molar-refractivity contribution in [3.63, 3.8) is 0 Å². The first kappa shape index (κ1) is 14.7. The number of rotatable bonds is 3. The summed E-state index contributed by atoms with van der Waals surface area (Å²) in [6, 6.07) is 0. The molecule has 0 bridgehead atoms. The molecule has 5 nitrogen and oxygen atoms in total. The summed E-state index contributed by atoms with van der Waals surface area (Å²) in [6.07, 6.45) is 1.83. The molecule has 1 fully saturated rings. The molecule has 0 N–H and O–H groups in total. The Kier molecular flexibility index (Phi) is 5.34.